The number of fused-ring (bicyclic) bond motifs is 1. The first-order chi connectivity index (χ1) is 21.3. The van der Waals surface area contributed by atoms with E-state index in [4.69, 9.17) is 14.7 Å². The van der Waals surface area contributed by atoms with Gasteiger partial charge >= 0.3 is 6.09 Å². The molecule has 9 heteroatoms. The zero-order chi connectivity index (χ0) is 30.5. The minimum Gasteiger partial charge on any atom is -0.444 e. The van der Waals surface area contributed by atoms with E-state index in [9.17, 15) is 4.79 Å². The maximum absolute atomic E-state index is 12.5. The molecule has 0 atom stereocenters. The second kappa shape index (κ2) is 12.7. The molecule has 2 aromatic carbocycles. The fourth-order valence-corrected chi connectivity index (χ4v) is 5.39. The topological polar surface area (TPSA) is 105 Å². The summed E-state index contributed by atoms with van der Waals surface area (Å²) in [6.07, 6.45) is 6.79. The number of piperidine rings is 1. The number of anilines is 2. The van der Waals surface area contributed by atoms with Crippen LogP contribution in [0.2, 0.25) is 0 Å². The molecule has 0 radical (unpaired) electrons. The lowest BCUT2D eigenvalue weighted by atomic mass is 10.0. The Morgan fingerprint density at radius 2 is 1.73 bits per heavy atom. The van der Waals surface area contributed by atoms with Gasteiger partial charge in [-0.15, -0.1) is 0 Å². The van der Waals surface area contributed by atoms with Gasteiger partial charge in [0.2, 0.25) is 0 Å². The number of hydrogen-bond acceptors (Lipinski definition) is 8. The first-order valence-electron chi connectivity index (χ1n) is 15.0. The van der Waals surface area contributed by atoms with Crippen molar-refractivity contribution in [2.75, 3.05) is 23.7 Å². The number of carbonyl (C=O) groups excluding carboxylic acids is 1. The Hall–Kier alpha value is -5.05. The van der Waals surface area contributed by atoms with Crippen LogP contribution in [0.15, 0.2) is 91.4 Å². The van der Waals surface area contributed by atoms with Gasteiger partial charge in [0.25, 0.3) is 0 Å². The predicted octanol–water partition coefficient (Wildman–Crippen LogP) is 7.18. The summed E-state index contributed by atoms with van der Waals surface area (Å²) >= 11 is 0. The fraction of sp³-hybridized carbons (Fsp3) is 0.286. The van der Waals surface area contributed by atoms with Gasteiger partial charge in [0.1, 0.15) is 11.4 Å². The molecule has 5 aromatic rings. The summed E-state index contributed by atoms with van der Waals surface area (Å²) in [6, 6.07) is 24.6. The largest absolute Gasteiger partial charge is 0.444 e. The van der Waals surface area contributed by atoms with E-state index in [0.29, 0.717) is 25.5 Å². The van der Waals surface area contributed by atoms with Gasteiger partial charge in [-0.05, 0) is 69.0 Å². The molecule has 0 unspecified atom stereocenters. The lowest BCUT2D eigenvalue weighted by Crippen LogP contribution is -2.44. The molecule has 224 valence electrons. The number of nitrogens with zero attached hydrogens (tertiary/aromatic N) is 5. The van der Waals surface area contributed by atoms with E-state index >= 15 is 0 Å². The first kappa shape index (κ1) is 29.0. The van der Waals surface area contributed by atoms with Crippen molar-refractivity contribution in [1.82, 2.24) is 24.8 Å². The number of amides is 1. The molecule has 1 amide bonds. The van der Waals surface area contributed by atoms with Crippen LogP contribution in [0.1, 0.15) is 39.3 Å². The highest BCUT2D eigenvalue weighted by atomic mass is 16.6. The zero-order valence-electron chi connectivity index (χ0n) is 25.3. The van der Waals surface area contributed by atoms with Crippen LogP contribution in [0.3, 0.4) is 0 Å². The Morgan fingerprint density at radius 3 is 2.48 bits per heavy atom. The number of nitrogens with one attached hydrogen (secondary N) is 2. The number of pyridine rings is 2. The lowest BCUT2D eigenvalue weighted by Gasteiger charge is -2.34. The van der Waals surface area contributed by atoms with E-state index in [1.54, 1.807) is 17.3 Å². The van der Waals surface area contributed by atoms with Crippen molar-refractivity contribution in [2.24, 2.45) is 0 Å². The number of likely N-dealkylation sites (tertiary alicyclic amines) is 1. The summed E-state index contributed by atoms with van der Waals surface area (Å²) in [5, 5.41) is 8.10. The molecule has 0 spiro atoms. The molecule has 6 rings (SSSR count). The summed E-state index contributed by atoms with van der Waals surface area (Å²) in [7, 11) is 0. The van der Waals surface area contributed by atoms with Crippen molar-refractivity contribution in [1.29, 1.82) is 0 Å². The number of hydrogen-bond donors (Lipinski definition) is 2. The first-order valence-corrected chi connectivity index (χ1v) is 15.0. The van der Waals surface area contributed by atoms with Crippen LogP contribution in [0.4, 0.5) is 16.3 Å². The van der Waals surface area contributed by atoms with Gasteiger partial charge in [0, 0.05) is 43.3 Å². The second-order valence-electron chi connectivity index (χ2n) is 12.0. The van der Waals surface area contributed by atoms with Crippen LogP contribution in [0.25, 0.3) is 33.4 Å². The van der Waals surface area contributed by atoms with Crippen molar-refractivity contribution in [3.63, 3.8) is 0 Å². The third kappa shape index (κ3) is 6.94. The van der Waals surface area contributed by atoms with Gasteiger partial charge in [0.05, 0.1) is 28.8 Å². The van der Waals surface area contributed by atoms with Gasteiger partial charge in [-0.2, -0.15) is 0 Å². The highest BCUT2D eigenvalue weighted by Gasteiger charge is 2.27. The molecule has 44 heavy (non-hydrogen) atoms. The standard InChI is InChI=1S/C35H37N7O2/c1-35(2,3)44-34(43)42-18-15-26(16-19-42)39-28-20-25(21-36-22-28)32-40-30-14-9-13-29(24-10-5-4-6-11-24)31(30)33(41-32)38-23-27-12-7-8-17-37-27/h4-14,17,20-22,26,39H,15-16,18-19,23H2,1-3H3,(H,38,40,41). The smallest absolute Gasteiger partial charge is 0.410 e. The van der Waals surface area contributed by atoms with E-state index in [2.05, 4.69) is 38.8 Å². The summed E-state index contributed by atoms with van der Waals surface area (Å²) < 4.78 is 5.54. The number of benzene rings is 2. The predicted molar refractivity (Wildman–Crippen MR) is 174 cm³/mol. The van der Waals surface area contributed by atoms with Crippen molar-refractivity contribution >= 4 is 28.5 Å². The summed E-state index contributed by atoms with van der Waals surface area (Å²) in [5.41, 5.74) is 5.12. The van der Waals surface area contributed by atoms with Crippen molar-refractivity contribution in [3.8, 4) is 22.5 Å². The molecule has 0 aliphatic carbocycles. The molecule has 1 saturated heterocycles. The van der Waals surface area contributed by atoms with Gasteiger partial charge < -0.3 is 20.3 Å². The second-order valence-corrected chi connectivity index (χ2v) is 12.0. The van der Waals surface area contributed by atoms with E-state index < -0.39 is 5.60 Å². The maximum Gasteiger partial charge on any atom is 0.410 e. The molecule has 1 aliphatic heterocycles. The van der Waals surface area contributed by atoms with Crippen LogP contribution in [0.5, 0.6) is 0 Å². The van der Waals surface area contributed by atoms with Crippen LogP contribution in [0, 0.1) is 0 Å². The number of aromatic nitrogens is 4. The number of rotatable bonds is 7. The quantitative estimate of drug-likeness (QED) is 0.206. The molecule has 1 aliphatic rings. The third-order valence-electron chi connectivity index (χ3n) is 7.49. The average molecular weight is 588 g/mol. The Labute approximate surface area is 257 Å². The summed E-state index contributed by atoms with van der Waals surface area (Å²) in [6.45, 7) is 7.48. The van der Waals surface area contributed by atoms with Gasteiger partial charge in [-0.3, -0.25) is 9.97 Å². The molecule has 0 saturated carbocycles. The minimum absolute atomic E-state index is 0.215. The average Bonchev–Trinajstić information content (AvgIpc) is 3.04. The molecule has 2 N–H and O–H groups in total. The maximum atomic E-state index is 12.5. The van der Waals surface area contributed by atoms with E-state index in [1.165, 1.54) is 0 Å². The van der Waals surface area contributed by atoms with Gasteiger partial charge in [-0.1, -0.05) is 48.5 Å². The normalized spacial score (nSPS) is 13.9. The molecular weight excluding hydrogens is 550 g/mol. The Balaban J connectivity index is 1.26. The molecule has 0 bridgehead atoms. The zero-order valence-corrected chi connectivity index (χ0v) is 25.3. The lowest BCUT2D eigenvalue weighted by molar-refractivity contribution is 0.0210. The Morgan fingerprint density at radius 1 is 0.932 bits per heavy atom. The Kier molecular flexibility index (Phi) is 8.36. The van der Waals surface area contributed by atoms with Crippen molar-refractivity contribution in [3.05, 3.63) is 97.1 Å². The van der Waals surface area contributed by atoms with Gasteiger partial charge in [0.15, 0.2) is 5.82 Å². The Bertz CT molecular complexity index is 1730. The van der Waals surface area contributed by atoms with Gasteiger partial charge in [-0.25, -0.2) is 14.8 Å². The molecule has 9 nitrogen and oxygen atoms in total. The number of ether oxygens (including phenoxy) is 1. The fourth-order valence-electron chi connectivity index (χ4n) is 5.39. The number of carbonyl (C=O) groups is 1. The van der Waals surface area contributed by atoms with Crippen LogP contribution in [-0.2, 0) is 11.3 Å². The van der Waals surface area contributed by atoms with Crippen LogP contribution >= 0.6 is 0 Å². The monoisotopic (exact) mass is 587 g/mol. The molecule has 3 aromatic heterocycles. The van der Waals surface area contributed by atoms with E-state index in [-0.39, 0.29) is 12.1 Å². The van der Waals surface area contributed by atoms with Crippen LogP contribution in [-0.4, -0.2) is 55.7 Å². The highest BCUT2D eigenvalue weighted by Crippen LogP contribution is 2.34. The molecule has 1 fully saturated rings. The molecular formula is C35H37N7O2. The SMILES string of the molecule is CC(C)(C)OC(=O)N1CCC(Nc2cncc(-c3nc(NCc4ccccn4)c4c(-c5ccccc5)cccc4n3)c2)CC1. The summed E-state index contributed by atoms with van der Waals surface area (Å²) in [5.74, 6) is 1.32. The summed E-state index contributed by atoms with van der Waals surface area (Å²) in [4.78, 5) is 33.3. The third-order valence-corrected chi connectivity index (χ3v) is 7.49. The van der Waals surface area contributed by atoms with Crippen molar-refractivity contribution < 1.29 is 9.53 Å². The molecule has 4 heterocycles. The highest BCUT2D eigenvalue weighted by molar-refractivity contribution is 6.02. The van der Waals surface area contributed by atoms with Crippen LogP contribution < -0.4 is 10.6 Å². The minimum atomic E-state index is -0.500. The van der Waals surface area contributed by atoms with Crippen molar-refractivity contribution in [2.45, 2.75) is 51.8 Å². The van der Waals surface area contributed by atoms with E-state index in [0.717, 1.165) is 57.6 Å². The van der Waals surface area contributed by atoms with E-state index in [1.807, 2.05) is 81.6 Å².